The molecule has 2 aromatic carbocycles. The Hall–Kier alpha value is -1.12. The zero-order valence-electron chi connectivity index (χ0n) is 16.2. The zero-order chi connectivity index (χ0) is 18.4. The number of aryl methyl sites for hydroxylation is 1. The number of hydrogen-bond donors (Lipinski definition) is 0. The van der Waals surface area contributed by atoms with Crippen LogP contribution in [0.4, 0.5) is 0 Å². The average molecular weight is 414 g/mol. The predicted octanol–water partition coefficient (Wildman–Crippen LogP) is 6.56. The van der Waals surface area contributed by atoms with E-state index < -0.39 is 0 Å². The fourth-order valence-electron chi connectivity index (χ4n) is 4.05. The second kappa shape index (κ2) is 9.71. The molecule has 0 aromatic heterocycles. The molecule has 1 aliphatic rings. The number of hydrogen-bond acceptors (Lipinski definition) is 1. The fraction of sp³-hybridized carbons (Fsp3) is 0.500. The van der Waals surface area contributed by atoms with Crippen molar-refractivity contribution in [2.45, 2.75) is 69.3 Å². The Kier molecular flexibility index (Phi) is 7.33. The summed E-state index contributed by atoms with van der Waals surface area (Å²) >= 11 is 3.85. The van der Waals surface area contributed by atoms with Crippen molar-refractivity contribution in [2.75, 3.05) is 6.54 Å². The lowest BCUT2D eigenvalue weighted by molar-refractivity contribution is 0.210. The van der Waals surface area contributed by atoms with Gasteiger partial charge in [-0.05, 0) is 68.7 Å². The molecule has 1 fully saturated rings. The van der Waals surface area contributed by atoms with E-state index >= 15 is 0 Å². The topological polar surface area (TPSA) is 3.24 Å². The molecule has 1 nitrogen and oxygen atoms in total. The minimum Gasteiger partial charge on any atom is -0.297 e. The summed E-state index contributed by atoms with van der Waals surface area (Å²) in [4.78, 5) is 3.25. The Morgan fingerprint density at radius 1 is 0.962 bits per heavy atom. The summed E-state index contributed by atoms with van der Waals surface area (Å²) < 4.78 is 0. The second-order valence-electron chi connectivity index (χ2n) is 7.95. The zero-order valence-corrected chi connectivity index (χ0v) is 17.8. The van der Waals surface area contributed by atoms with Gasteiger partial charge in [-0.2, -0.15) is 0 Å². The van der Waals surface area contributed by atoms with E-state index in [0.29, 0.717) is 16.8 Å². The summed E-state index contributed by atoms with van der Waals surface area (Å²) in [6.45, 7) is 6.80. The van der Waals surface area contributed by atoms with Gasteiger partial charge in [0.15, 0.2) is 0 Å². The van der Waals surface area contributed by atoms with Crippen molar-refractivity contribution in [3.8, 4) is 0 Å². The maximum Gasteiger partial charge on any atom is 0.0236 e. The minimum absolute atomic E-state index is 0.579. The van der Waals surface area contributed by atoms with Gasteiger partial charge >= 0.3 is 0 Å². The lowest BCUT2D eigenvalue weighted by atomic mass is 9.96. The number of halogens is 1. The molecular formula is C24H32BrN. The molecule has 0 aliphatic heterocycles. The Balaban J connectivity index is 1.49. The van der Waals surface area contributed by atoms with Gasteiger partial charge in [-0.1, -0.05) is 76.9 Å². The second-order valence-corrected chi connectivity index (χ2v) is 9.12. The molecule has 2 heteroatoms. The molecule has 0 amide bonds. The molecule has 0 spiro atoms. The Bertz CT molecular complexity index is 650. The number of benzene rings is 2. The Morgan fingerprint density at radius 2 is 1.69 bits per heavy atom. The van der Waals surface area contributed by atoms with Gasteiger partial charge in [-0.3, -0.25) is 4.90 Å². The third-order valence-electron chi connectivity index (χ3n) is 5.71. The molecule has 0 radical (unpaired) electrons. The standard InChI is InChI=1S/C24H32BrN/c1-19(2)26(18-21-8-4-3-5-9-21)17-7-10-20-13-15-22(16-14-20)23-11-6-12-24(23)25/h3-5,8-9,13-16,19,23-24H,6-7,10-12,17-18H2,1-2H3. The van der Waals surface area contributed by atoms with Gasteiger partial charge in [0.2, 0.25) is 0 Å². The lowest BCUT2D eigenvalue weighted by Crippen LogP contribution is -2.31. The van der Waals surface area contributed by atoms with E-state index in [9.17, 15) is 0 Å². The van der Waals surface area contributed by atoms with E-state index in [1.165, 1.54) is 48.8 Å². The quantitative estimate of drug-likeness (QED) is 0.442. The maximum absolute atomic E-state index is 3.85. The lowest BCUT2D eigenvalue weighted by Gasteiger charge is -2.26. The third kappa shape index (κ3) is 5.44. The first-order valence-electron chi connectivity index (χ1n) is 10.1. The highest BCUT2D eigenvalue weighted by Gasteiger charge is 2.25. The minimum atomic E-state index is 0.579. The van der Waals surface area contributed by atoms with Gasteiger partial charge in [0.05, 0.1) is 0 Å². The van der Waals surface area contributed by atoms with E-state index in [2.05, 4.69) is 89.3 Å². The molecule has 0 N–H and O–H groups in total. The van der Waals surface area contributed by atoms with Crippen molar-refractivity contribution in [1.82, 2.24) is 4.90 Å². The Labute approximate surface area is 167 Å². The van der Waals surface area contributed by atoms with Gasteiger partial charge in [-0.25, -0.2) is 0 Å². The number of rotatable bonds is 8. The molecule has 2 atom stereocenters. The van der Waals surface area contributed by atoms with Gasteiger partial charge in [0.1, 0.15) is 0 Å². The normalized spacial score (nSPS) is 20.2. The largest absolute Gasteiger partial charge is 0.297 e. The third-order valence-corrected chi connectivity index (χ3v) is 6.81. The van der Waals surface area contributed by atoms with Crippen LogP contribution < -0.4 is 0 Å². The first-order chi connectivity index (χ1) is 12.6. The van der Waals surface area contributed by atoms with Crippen LogP contribution in [-0.2, 0) is 13.0 Å². The van der Waals surface area contributed by atoms with Crippen LogP contribution in [0.15, 0.2) is 54.6 Å². The van der Waals surface area contributed by atoms with Crippen molar-refractivity contribution in [2.24, 2.45) is 0 Å². The van der Waals surface area contributed by atoms with Crippen LogP contribution in [0.5, 0.6) is 0 Å². The summed E-state index contributed by atoms with van der Waals surface area (Å²) in [5.41, 5.74) is 4.40. The van der Waals surface area contributed by atoms with E-state index in [-0.39, 0.29) is 0 Å². The van der Waals surface area contributed by atoms with Crippen molar-refractivity contribution in [1.29, 1.82) is 0 Å². The summed E-state index contributed by atoms with van der Waals surface area (Å²) in [7, 11) is 0. The average Bonchev–Trinajstić information content (AvgIpc) is 3.08. The van der Waals surface area contributed by atoms with Crippen molar-refractivity contribution >= 4 is 15.9 Å². The summed E-state index contributed by atoms with van der Waals surface area (Å²) in [6.07, 6.45) is 6.39. The summed E-state index contributed by atoms with van der Waals surface area (Å²) in [5, 5.41) is 0. The van der Waals surface area contributed by atoms with Gasteiger partial charge in [0.25, 0.3) is 0 Å². The molecule has 2 aromatic rings. The molecule has 140 valence electrons. The number of nitrogens with zero attached hydrogens (tertiary/aromatic N) is 1. The molecule has 3 rings (SSSR count). The summed E-state index contributed by atoms with van der Waals surface area (Å²) in [5.74, 6) is 0.714. The van der Waals surface area contributed by atoms with Crippen molar-refractivity contribution < 1.29 is 0 Å². The van der Waals surface area contributed by atoms with E-state index in [0.717, 1.165) is 13.1 Å². The molecule has 26 heavy (non-hydrogen) atoms. The van der Waals surface area contributed by atoms with Crippen LogP contribution >= 0.6 is 15.9 Å². The molecule has 0 heterocycles. The van der Waals surface area contributed by atoms with Crippen LogP contribution in [0, 0.1) is 0 Å². The molecule has 2 unspecified atom stereocenters. The monoisotopic (exact) mass is 413 g/mol. The number of alkyl halides is 1. The highest BCUT2D eigenvalue weighted by atomic mass is 79.9. The molecule has 0 bridgehead atoms. The van der Waals surface area contributed by atoms with Crippen LogP contribution in [-0.4, -0.2) is 22.3 Å². The van der Waals surface area contributed by atoms with E-state index in [1.807, 2.05) is 0 Å². The van der Waals surface area contributed by atoms with Gasteiger partial charge in [0, 0.05) is 17.4 Å². The molecule has 1 aliphatic carbocycles. The fourth-order valence-corrected chi connectivity index (χ4v) is 4.94. The van der Waals surface area contributed by atoms with Gasteiger partial charge in [-0.15, -0.1) is 0 Å². The van der Waals surface area contributed by atoms with Crippen LogP contribution in [0.1, 0.15) is 62.1 Å². The van der Waals surface area contributed by atoms with Crippen molar-refractivity contribution in [3.05, 3.63) is 71.3 Å². The smallest absolute Gasteiger partial charge is 0.0236 e. The van der Waals surface area contributed by atoms with Crippen LogP contribution in [0.25, 0.3) is 0 Å². The van der Waals surface area contributed by atoms with Crippen LogP contribution in [0.3, 0.4) is 0 Å². The highest BCUT2D eigenvalue weighted by Crippen LogP contribution is 2.39. The SMILES string of the molecule is CC(C)N(CCCc1ccc(C2CCCC2Br)cc1)Cc1ccccc1. The summed E-state index contributed by atoms with van der Waals surface area (Å²) in [6, 6.07) is 20.8. The first kappa shape index (κ1) is 19.6. The van der Waals surface area contributed by atoms with Crippen LogP contribution in [0.2, 0.25) is 0 Å². The maximum atomic E-state index is 3.85. The first-order valence-corrected chi connectivity index (χ1v) is 11.1. The van der Waals surface area contributed by atoms with Crippen molar-refractivity contribution in [3.63, 3.8) is 0 Å². The predicted molar refractivity (Wildman–Crippen MR) is 116 cm³/mol. The van der Waals surface area contributed by atoms with Gasteiger partial charge < -0.3 is 0 Å². The van der Waals surface area contributed by atoms with E-state index in [1.54, 1.807) is 0 Å². The van der Waals surface area contributed by atoms with E-state index in [4.69, 9.17) is 0 Å². The molecule has 0 saturated heterocycles. The Morgan fingerprint density at radius 3 is 2.31 bits per heavy atom. The highest BCUT2D eigenvalue weighted by molar-refractivity contribution is 9.09. The molecule has 1 saturated carbocycles. The molecular weight excluding hydrogens is 382 g/mol.